The van der Waals surface area contributed by atoms with E-state index in [-0.39, 0.29) is 0 Å². The first-order valence-electron chi connectivity index (χ1n) is 6.73. The van der Waals surface area contributed by atoms with Crippen molar-refractivity contribution in [1.82, 2.24) is 5.32 Å². The molecular formula is C15H24N2. The quantitative estimate of drug-likeness (QED) is 0.811. The number of anilines is 1. The summed E-state index contributed by atoms with van der Waals surface area (Å²) < 4.78 is 0. The molecule has 1 aromatic carbocycles. The lowest BCUT2D eigenvalue weighted by Gasteiger charge is -2.25. The zero-order chi connectivity index (χ0) is 12.3. The summed E-state index contributed by atoms with van der Waals surface area (Å²) in [6.07, 6.45) is 2.85. The van der Waals surface area contributed by atoms with Crippen molar-refractivity contribution in [3.05, 3.63) is 29.3 Å². The van der Waals surface area contributed by atoms with E-state index < -0.39 is 0 Å². The minimum atomic E-state index is 0.950. The summed E-state index contributed by atoms with van der Waals surface area (Å²) in [6.45, 7) is 7.79. The third kappa shape index (κ3) is 3.22. The molecule has 17 heavy (non-hydrogen) atoms. The molecule has 1 fully saturated rings. The minimum absolute atomic E-state index is 0.950. The van der Waals surface area contributed by atoms with E-state index in [4.69, 9.17) is 0 Å². The van der Waals surface area contributed by atoms with Crippen molar-refractivity contribution in [3.63, 3.8) is 0 Å². The Morgan fingerprint density at radius 3 is 2.65 bits per heavy atom. The van der Waals surface area contributed by atoms with Crippen LogP contribution in [0.2, 0.25) is 0 Å². The Bertz CT molecular complexity index is 369. The Balaban J connectivity index is 2.12. The normalized spacial score (nSPS) is 15.0. The average Bonchev–Trinajstić information content (AvgIpc) is 3.11. The van der Waals surface area contributed by atoms with Crippen molar-refractivity contribution in [2.24, 2.45) is 5.92 Å². The fourth-order valence-electron chi connectivity index (χ4n) is 2.40. The predicted molar refractivity (Wildman–Crippen MR) is 74.6 cm³/mol. The number of aryl methyl sites for hydroxylation is 1. The molecule has 2 rings (SSSR count). The maximum Gasteiger partial charge on any atom is 0.0396 e. The Labute approximate surface area is 105 Å². The van der Waals surface area contributed by atoms with E-state index in [1.54, 1.807) is 0 Å². The Morgan fingerprint density at radius 2 is 2.12 bits per heavy atom. The molecule has 0 heterocycles. The van der Waals surface area contributed by atoms with Gasteiger partial charge in [0.2, 0.25) is 0 Å². The fraction of sp³-hybridized carbons (Fsp3) is 0.600. The van der Waals surface area contributed by atoms with Crippen molar-refractivity contribution in [2.45, 2.75) is 33.2 Å². The second kappa shape index (κ2) is 5.54. The van der Waals surface area contributed by atoms with Gasteiger partial charge in [-0.2, -0.15) is 0 Å². The van der Waals surface area contributed by atoms with Gasteiger partial charge >= 0.3 is 0 Å². The van der Waals surface area contributed by atoms with E-state index in [0.29, 0.717) is 0 Å². The molecule has 0 atom stereocenters. The lowest BCUT2D eigenvalue weighted by atomic mass is 10.1. The molecule has 0 radical (unpaired) electrons. The highest BCUT2D eigenvalue weighted by molar-refractivity contribution is 5.54. The summed E-state index contributed by atoms with van der Waals surface area (Å²) in [6, 6.07) is 6.84. The van der Waals surface area contributed by atoms with Crippen molar-refractivity contribution in [2.75, 3.05) is 25.0 Å². The lowest BCUT2D eigenvalue weighted by molar-refractivity contribution is 0.739. The number of rotatable bonds is 6. The van der Waals surface area contributed by atoms with Gasteiger partial charge in [0.15, 0.2) is 0 Å². The molecule has 1 aliphatic rings. The summed E-state index contributed by atoms with van der Waals surface area (Å²) in [4.78, 5) is 2.52. The van der Waals surface area contributed by atoms with Gasteiger partial charge in [-0.1, -0.05) is 12.1 Å². The molecule has 0 amide bonds. The zero-order valence-electron chi connectivity index (χ0n) is 11.3. The molecule has 94 valence electrons. The first-order chi connectivity index (χ1) is 8.24. The van der Waals surface area contributed by atoms with E-state index >= 15 is 0 Å². The van der Waals surface area contributed by atoms with Crippen LogP contribution in [0.25, 0.3) is 0 Å². The molecule has 0 saturated heterocycles. The number of nitrogens with zero attached hydrogens (tertiary/aromatic N) is 1. The highest BCUT2D eigenvalue weighted by Gasteiger charge is 2.24. The molecule has 2 nitrogen and oxygen atoms in total. The van der Waals surface area contributed by atoms with Gasteiger partial charge in [0, 0.05) is 25.3 Å². The van der Waals surface area contributed by atoms with Gasteiger partial charge in [0.05, 0.1) is 0 Å². The second-order valence-corrected chi connectivity index (χ2v) is 5.13. The largest absolute Gasteiger partial charge is 0.371 e. The molecule has 1 aliphatic carbocycles. The van der Waals surface area contributed by atoms with E-state index in [9.17, 15) is 0 Å². The molecule has 0 bridgehead atoms. The Hall–Kier alpha value is -1.02. The first-order valence-corrected chi connectivity index (χ1v) is 6.73. The summed E-state index contributed by atoms with van der Waals surface area (Å²) in [5.74, 6) is 0.950. The third-order valence-electron chi connectivity index (χ3n) is 3.54. The Kier molecular flexibility index (Phi) is 4.06. The van der Waals surface area contributed by atoms with E-state index in [0.717, 1.165) is 19.0 Å². The van der Waals surface area contributed by atoms with Gasteiger partial charge in [-0.05, 0) is 56.8 Å². The second-order valence-electron chi connectivity index (χ2n) is 5.13. The molecule has 0 unspecified atom stereocenters. The summed E-state index contributed by atoms with van der Waals surface area (Å²) in [5.41, 5.74) is 4.19. The van der Waals surface area contributed by atoms with Crippen molar-refractivity contribution < 1.29 is 0 Å². The summed E-state index contributed by atoms with van der Waals surface area (Å²) in [5, 5.41) is 3.20. The standard InChI is InChI=1S/C15H24N2/c1-4-17(11-13-5-6-13)15-8-7-14(10-16-3)9-12(15)2/h7-9,13,16H,4-6,10-11H2,1-3H3. The summed E-state index contributed by atoms with van der Waals surface area (Å²) >= 11 is 0. The van der Waals surface area contributed by atoms with Crippen molar-refractivity contribution in [1.29, 1.82) is 0 Å². The molecule has 0 aliphatic heterocycles. The van der Waals surface area contributed by atoms with Crippen LogP contribution in [0.1, 0.15) is 30.9 Å². The van der Waals surface area contributed by atoms with Gasteiger partial charge < -0.3 is 10.2 Å². The van der Waals surface area contributed by atoms with Crippen molar-refractivity contribution >= 4 is 5.69 Å². The molecule has 1 N–H and O–H groups in total. The third-order valence-corrected chi connectivity index (χ3v) is 3.54. The number of nitrogens with one attached hydrogen (secondary N) is 1. The van der Waals surface area contributed by atoms with Crippen LogP contribution >= 0.6 is 0 Å². The molecule has 0 aromatic heterocycles. The molecule has 2 heteroatoms. The van der Waals surface area contributed by atoms with E-state index in [1.165, 1.54) is 36.2 Å². The first kappa shape index (κ1) is 12.4. The van der Waals surface area contributed by atoms with E-state index in [2.05, 4.69) is 42.3 Å². The maximum absolute atomic E-state index is 3.20. The summed E-state index contributed by atoms with van der Waals surface area (Å²) in [7, 11) is 1.99. The zero-order valence-corrected chi connectivity index (χ0v) is 11.3. The van der Waals surface area contributed by atoms with Crippen LogP contribution in [0.5, 0.6) is 0 Å². The Morgan fingerprint density at radius 1 is 1.35 bits per heavy atom. The highest BCUT2D eigenvalue weighted by Crippen LogP contribution is 2.32. The van der Waals surface area contributed by atoms with Gasteiger partial charge in [-0.3, -0.25) is 0 Å². The van der Waals surface area contributed by atoms with Gasteiger partial charge in [0.25, 0.3) is 0 Å². The predicted octanol–water partition coefficient (Wildman–Crippen LogP) is 2.95. The van der Waals surface area contributed by atoms with Crippen LogP contribution in [0.15, 0.2) is 18.2 Å². The van der Waals surface area contributed by atoms with Gasteiger partial charge in [-0.15, -0.1) is 0 Å². The number of hydrogen-bond acceptors (Lipinski definition) is 2. The van der Waals surface area contributed by atoms with Gasteiger partial charge in [0.1, 0.15) is 0 Å². The number of hydrogen-bond donors (Lipinski definition) is 1. The molecular weight excluding hydrogens is 208 g/mol. The molecule has 0 spiro atoms. The van der Waals surface area contributed by atoms with Gasteiger partial charge in [-0.25, -0.2) is 0 Å². The van der Waals surface area contributed by atoms with E-state index in [1.807, 2.05) is 7.05 Å². The van der Waals surface area contributed by atoms with Crippen LogP contribution in [-0.2, 0) is 6.54 Å². The van der Waals surface area contributed by atoms with Crippen LogP contribution in [-0.4, -0.2) is 20.1 Å². The van der Waals surface area contributed by atoms with Crippen LogP contribution in [0.4, 0.5) is 5.69 Å². The highest BCUT2D eigenvalue weighted by atomic mass is 15.1. The molecule has 1 aromatic rings. The fourth-order valence-corrected chi connectivity index (χ4v) is 2.40. The minimum Gasteiger partial charge on any atom is -0.371 e. The molecule has 1 saturated carbocycles. The topological polar surface area (TPSA) is 15.3 Å². The smallest absolute Gasteiger partial charge is 0.0396 e. The lowest BCUT2D eigenvalue weighted by Crippen LogP contribution is -2.26. The average molecular weight is 232 g/mol. The maximum atomic E-state index is 3.20. The van der Waals surface area contributed by atoms with Crippen molar-refractivity contribution in [3.8, 4) is 0 Å². The van der Waals surface area contributed by atoms with Crippen LogP contribution < -0.4 is 10.2 Å². The van der Waals surface area contributed by atoms with Crippen LogP contribution in [0, 0.1) is 12.8 Å². The van der Waals surface area contributed by atoms with Crippen LogP contribution in [0.3, 0.4) is 0 Å². The SMILES string of the molecule is CCN(CC1CC1)c1ccc(CNC)cc1C. The number of benzene rings is 1. The monoisotopic (exact) mass is 232 g/mol.